The minimum atomic E-state index is -0.259. The van der Waals surface area contributed by atoms with Crippen LogP contribution in [0.4, 0.5) is 0 Å². The van der Waals surface area contributed by atoms with Crippen LogP contribution in [0.25, 0.3) is 0 Å². The summed E-state index contributed by atoms with van der Waals surface area (Å²) in [4.78, 5) is 12.2. The maximum Gasteiger partial charge on any atom is 0.224 e. The van der Waals surface area contributed by atoms with Gasteiger partial charge in [0, 0.05) is 5.92 Å². The van der Waals surface area contributed by atoms with Crippen molar-refractivity contribution in [3.8, 4) is 0 Å². The molecule has 0 radical (unpaired) electrons. The third-order valence-corrected chi connectivity index (χ3v) is 4.78. The highest BCUT2D eigenvalue weighted by Crippen LogP contribution is 2.55. The summed E-state index contributed by atoms with van der Waals surface area (Å²) in [6.45, 7) is 0. The molecule has 0 spiro atoms. The number of carbonyl (C=O) groups is 1. The van der Waals surface area contributed by atoms with Crippen LogP contribution in [0.2, 0.25) is 0 Å². The Morgan fingerprint density at radius 2 is 1.83 bits per heavy atom. The molecule has 3 saturated carbocycles. The number of oxime groups is 1. The topological polar surface area (TPSA) is 87.7 Å². The Kier molecular flexibility index (Phi) is 2.92. The van der Waals surface area contributed by atoms with Gasteiger partial charge in [0.2, 0.25) is 5.91 Å². The van der Waals surface area contributed by atoms with E-state index in [0.717, 1.165) is 12.8 Å². The van der Waals surface area contributed by atoms with E-state index in [1.807, 2.05) is 0 Å². The number of amides is 1. The fourth-order valence-electron chi connectivity index (χ4n) is 3.56. The number of hydrogen-bond acceptors (Lipinski definition) is 3. The molecule has 100 valence electrons. The molecule has 0 heterocycles. The zero-order valence-electron chi connectivity index (χ0n) is 10.5. The van der Waals surface area contributed by atoms with Crippen LogP contribution in [0, 0.1) is 23.7 Å². The van der Waals surface area contributed by atoms with E-state index >= 15 is 0 Å². The van der Waals surface area contributed by atoms with Gasteiger partial charge >= 0.3 is 0 Å². The Balaban J connectivity index is 1.60. The fourth-order valence-corrected chi connectivity index (χ4v) is 3.56. The van der Waals surface area contributed by atoms with Crippen LogP contribution in [0.1, 0.15) is 38.5 Å². The van der Waals surface area contributed by atoms with Crippen molar-refractivity contribution in [2.45, 2.75) is 44.6 Å². The second-order valence-corrected chi connectivity index (χ2v) is 5.99. The molecule has 4 N–H and O–H groups in total. The molecule has 3 aliphatic rings. The van der Waals surface area contributed by atoms with Crippen molar-refractivity contribution in [2.24, 2.45) is 34.6 Å². The lowest BCUT2D eigenvalue weighted by atomic mass is 10.0. The van der Waals surface area contributed by atoms with E-state index < -0.39 is 0 Å². The summed E-state index contributed by atoms with van der Waals surface area (Å²) in [6, 6.07) is -0.259. The maximum atomic E-state index is 12.2. The molecule has 0 aromatic heterocycles. The zero-order valence-corrected chi connectivity index (χ0v) is 10.5. The molecule has 3 aliphatic carbocycles. The standard InChI is InChI=1S/C13H21N3O2/c14-12(16-18)11(7-5-6-7)15-13(17)10-8-3-1-2-4-9(8)10/h7-11,18H,1-6H2,(H2,14,16)(H,15,17). The SMILES string of the molecule is NC(=NO)C(NC(=O)C1C2CCCCC21)C1CC1. The van der Waals surface area contributed by atoms with Crippen molar-refractivity contribution in [1.29, 1.82) is 0 Å². The minimum Gasteiger partial charge on any atom is -0.409 e. The van der Waals surface area contributed by atoms with Gasteiger partial charge in [-0.25, -0.2) is 0 Å². The van der Waals surface area contributed by atoms with Crippen LogP contribution >= 0.6 is 0 Å². The quantitative estimate of drug-likeness (QED) is 0.302. The number of rotatable bonds is 4. The Hall–Kier alpha value is -1.26. The molecular weight excluding hydrogens is 230 g/mol. The molecule has 3 fully saturated rings. The van der Waals surface area contributed by atoms with Crippen LogP contribution in [0.5, 0.6) is 0 Å². The number of nitrogens with two attached hydrogens (primary N) is 1. The lowest BCUT2D eigenvalue weighted by Gasteiger charge is -2.16. The molecule has 18 heavy (non-hydrogen) atoms. The van der Waals surface area contributed by atoms with E-state index in [1.165, 1.54) is 25.7 Å². The highest BCUT2D eigenvalue weighted by atomic mass is 16.4. The third kappa shape index (κ3) is 2.06. The van der Waals surface area contributed by atoms with Crippen LogP contribution in [-0.4, -0.2) is 23.0 Å². The van der Waals surface area contributed by atoms with Gasteiger partial charge in [-0.1, -0.05) is 18.0 Å². The lowest BCUT2D eigenvalue weighted by Crippen LogP contribution is -2.47. The van der Waals surface area contributed by atoms with Gasteiger partial charge < -0.3 is 16.3 Å². The smallest absolute Gasteiger partial charge is 0.224 e. The Bertz CT molecular complexity index is 366. The Morgan fingerprint density at radius 1 is 1.22 bits per heavy atom. The molecule has 0 bridgehead atoms. The molecule has 5 heteroatoms. The molecule has 3 atom stereocenters. The first kappa shape index (κ1) is 11.8. The summed E-state index contributed by atoms with van der Waals surface area (Å²) in [6.07, 6.45) is 7.02. The fraction of sp³-hybridized carbons (Fsp3) is 0.846. The van der Waals surface area contributed by atoms with Crippen LogP contribution in [0.3, 0.4) is 0 Å². The van der Waals surface area contributed by atoms with Gasteiger partial charge in [-0.05, 0) is 43.4 Å². The molecule has 0 aromatic carbocycles. The molecule has 0 saturated heterocycles. The van der Waals surface area contributed by atoms with Crippen molar-refractivity contribution in [3.05, 3.63) is 0 Å². The first-order valence-electron chi connectivity index (χ1n) is 7.00. The van der Waals surface area contributed by atoms with Crippen LogP contribution in [-0.2, 0) is 4.79 Å². The van der Waals surface area contributed by atoms with Gasteiger partial charge in [-0.2, -0.15) is 0 Å². The van der Waals surface area contributed by atoms with Gasteiger partial charge in [0.15, 0.2) is 5.84 Å². The predicted molar refractivity (Wildman–Crippen MR) is 67.0 cm³/mol. The minimum absolute atomic E-state index is 0.121. The highest BCUT2D eigenvalue weighted by Gasteiger charge is 2.55. The first-order valence-corrected chi connectivity index (χ1v) is 7.00. The molecule has 3 unspecified atom stereocenters. The number of carbonyl (C=O) groups excluding carboxylic acids is 1. The van der Waals surface area contributed by atoms with Crippen LogP contribution in [0.15, 0.2) is 5.16 Å². The second-order valence-electron chi connectivity index (χ2n) is 5.99. The molecular formula is C13H21N3O2. The van der Waals surface area contributed by atoms with Crippen molar-refractivity contribution in [3.63, 3.8) is 0 Å². The van der Waals surface area contributed by atoms with Crippen molar-refractivity contribution < 1.29 is 10.0 Å². The van der Waals surface area contributed by atoms with Gasteiger partial charge in [0.25, 0.3) is 0 Å². The number of fused-ring (bicyclic) bond motifs is 1. The average molecular weight is 251 g/mol. The third-order valence-electron chi connectivity index (χ3n) is 4.78. The summed E-state index contributed by atoms with van der Waals surface area (Å²) in [5, 5.41) is 14.8. The van der Waals surface area contributed by atoms with Crippen molar-refractivity contribution in [2.75, 3.05) is 0 Å². The van der Waals surface area contributed by atoms with Crippen LogP contribution < -0.4 is 11.1 Å². The summed E-state index contributed by atoms with van der Waals surface area (Å²) < 4.78 is 0. The largest absolute Gasteiger partial charge is 0.409 e. The summed E-state index contributed by atoms with van der Waals surface area (Å²) >= 11 is 0. The van der Waals surface area contributed by atoms with Gasteiger partial charge in [-0.15, -0.1) is 0 Å². The van der Waals surface area contributed by atoms with E-state index in [-0.39, 0.29) is 23.7 Å². The number of nitrogens with one attached hydrogen (secondary N) is 1. The van der Waals surface area contributed by atoms with E-state index in [4.69, 9.17) is 10.9 Å². The second kappa shape index (κ2) is 4.44. The molecule has 3 rings (SSSR count). The summed E-state index contributed by atoms with van der Waals surface area (Å²) in [5.41, 5.74) is 5.66. The Morgan fingerprint density at radius 3 is 2.33 bits per heavy atom. The normalized spacial score (nSPS) is 36.7. The highest BCUT2D eigenvalue weighted by molar-refractivity contribution is 5.92. The number of amidine groups is 1. The monoisotopic (exact) mass is 251 g/mol. The van der Waals surface area contributed by atoms with Gasteiger partial charge in [0.05, 0.1) is 6.04 Å². The average Bonchev–Trinajstić information content (AvgIpc) is 3.27. The summed E-state index contributed by atoms with van der Waals surface area (Å²) in [5.74, 6) is 2.03. The van der Waals surface area contributed by atoms with E-state index in [2.05, 4.69) is 10.5 Å². The first-order chi connectivity index (χ1) is 8.72. The summed E-state index contributed by atoms with van der Waals surface area (Å²) in [7, 11) is 0. The van der Waals surface area contributed by atoms with Crippen molar-refractivity contribution in [1.82, 2.24) is 5.32 Å². The van der Waals surface area contributed by atoms with E-state index in [0.29, 0.717) is 17.8 Å². The molecule has 0 aliphatic heterocycles. The van der Waals surface area contributed by atoms with Gasteiger partial charge in [0.1, 0.15) is 0 Å². The molecule has 0 aromatic rings. The maximum absolute atomic E-state index is 12.2. The number of hydrogen-bond donors (Lipinski definition) is 3. The van der Waals surface area contributed by atoms with E-state index in [1.54, 1.807) is 0 Å². The Labute approximate surface area is 107 Å². The molecule has 5 nitrogen and oxygen atoms in total. The zero-order chi connectivity index (χ0) is 12.7. The van der Waals surface area contributed by atoms with Crippen molar-refractivity contribution >= 4 is 11.7 Å². The van der Waals surface area contributed by atoms with Gasteiger partial charge in [-0.3, -0.25) is 4.79 Å². The molecule has 1 amide bonds. The number of nitrogens with zero attached hydrogens (tertiary/aromatic N) is 1. The lowest BCUT2D eigenvalue weighted by molar-refractivity contribution is -0.123. The van der Waals surface area contributed by atoms with E-state index in [9.17, 15) is 4.79 Å². The predicted octanol–water partition coefficient (Wildman–Crippen LogP) is 1.06.